The number of hydrogen-bond acceptors (Lipinski definition) is 1. The van der Waals surface area contributed by atoms with Crippen molar-refractivity contribution in [1.29, 1.82) is 0 Å². The van der Waals surface area contributed by atoms with Crippen LogP contribution < -0.4 is 0 Å². The molecule has 0 aliphatic heterocycles. The van der Waals surface area contributed by atoms with Crippen molar-refractivity contribution >= 4 is 0 Å². The van der Waals surface area contributed by atoms with Gasteiger partial charge in [-0.15, -0.1) is 0 Å². The van der Waals surface area contributed by atoms with E-state index in [-0.39, 0.29) is 0 Å². The van der Waals surface area contributed by atoms with Crippen molar-refractivity contribution in [3.63, 3.8) is 0 Å². The first-order chi connectivity index (χ1) is 18.9. The van der Waals surface area contributed by atoms with Gasteiger partial charge < -0.3 is 4.74 Å². The minimum atomic E-state index is 0.882. The van der Waals surface area contributed by atoms with Crippen LogP contribution in [0.5, 0.6) is 0 Å². The van der Waals surface area contributed by atoms with Crippen LogP contribution in [0.1, 0.15) is 156 Å². The Morgan fingerprint density at radius 3 is 1.21 bits per heavy atom. The molecular formula is C38H66O. The lowest BCUT2D eigenvalue weighted by Gasteiger charge is -2.31. The van der Waals surface area contributed by atoms with Crippen LogP contribution in [0.15, 0.2) is 23.3 Å². The smallest absolute Gasteiger partial charge is 0.0681 e. The zero-order valence-electron chi connectivity index (χ0n) is 26.7. The third kappa shape index (κ3) is 11.7. The van der Waals surface area contributed by atoms with E-state index < -0.39 is 0 Å². The molecule has 1 heteroatoms. The van der Waals surface area contributed by atoms with Crippen molar-refractivity contribution in [3.05, 3.63) is 23.3 Å². The molecule has 224 valence electrons. The summed E-state index contributed by atoms with van der Waals surface area (Å²) in [6, 6.07) is 0. The fourth-order valence-corrected chi connectivity index (χ4v) is 8.77. The van der Waals surface area contributed by atoms with Crippen molar-refractivity contribution in [2.24, 2.45) is 47.3 Å². The Hall–Kier alpha value is -0.560. The highest BCUT2D eigenvalue weighted by Gasteiger charge is 2.25. The van der Waals surface area contributed by atoms with E-state index >= 15 is 0 Å². The fraction of sp³-hybridized carbons (Fsp3) is 0.895. The first-order valence-electron chi connectivity index (χ1n) is 17.9. The van der Waals surface area contributed by atoms with Crippen LogP contribution in [0.2, 0.25) is 0 Å². The number of hydrogen-bond donors (Lipinski definition) is 0. The molecule has 2 saturated carbocycles. The summed E-state index contributed by atoms with van der Waals surface area (Å²) in [6.45, 7) is 11.3. The van der Waals surface area contributed by atoms with Crippen molar-refractivity contribution in [1.82, 2.24) is 0 Å². The van der Waals surface area contributed by atoms with Gasteiger partial charge in [-0.3, -0.25) is 0 Å². The van der Waals surface area contributed by atoms with Crippen molar-refractivity contribution < 1.29 is 4.74 Å². The van der Waals surface area contributed by atoms with E-state index in [9.17, 15) is 0 Å². The molecule has 4 aliphatic rings. The van der Waals surface area contributed by atoms with Gasteiger partial charge in [0.25, 0.3) is 0 Å². The Morgan fingerprint density at radius 1 is 0.513 bits per heavy atom. The molecule has 0 bridgehead atoms. The van der Waals surface area contributed by atoms with Crippen molar-refractivity contribution in [3.8, 4) is 0 Å². The van der Waals surface area contributed by atoms with Crippen molar-refractivity contribution in [2.75, 3.05) is 13.2 Å². The van der Waals surface area contributed by atoms with Gasteiger partial charge in [-0.25, -0.2) is 0 Å². The van der Waals surface area contributed by atoms with E-state index in [4.69, 9.17) is 4.74 Å². The first kappa shape index (κ1) is 31.4. The predicted molar refractivity (Wildman–Crippen MR) is 170 cm³/mol. The summed E-state index contributed by atoms with van der Waals surface area (Å²) in [7, 11) is 0. The third-order valence-electron chi connectivity index (χ3n) is 11.3. The lowest BCUT2D eigenvalue weighted by atomic mass is 9.75. The highest BCUT2D eigenvalue weighted by atomic mass is 16.5. The molecule has 39 heavy (non-hydrogen) atoms. The molecule has 1 nitrogen and oxygen atoms in total. The molecular weight excluding hydrogens is 472 g/mol. The molecule has 0 N–H and O–H groups in total. The molecule has 4 rings (SSSR count). The second kappa shape index (κ2) is 16.8. The normalized spacial score (nSPS) is 32.4. The summed E-state index contributed by atoms with van der Waals surface area (Å²) in [6.07, 6.45) is 34.0. The standard InChI is InChI=1S/C38H66O/c1-29(2)25-35-17-9-31(10-18-35)5-7-33-13-21-37(22-14-33)27-39-28-38-23-15-34(16-24-38)8-6-32-11-19-36(20-12-32)26-30(3)4/h21,23,29-36H,5-20,22,24-28H2,1-4H3. The van der Waals surface area contributed by atoms with Crippen LogP contribution in [0.3, 0.4) is 0 Å². The van der Waals surface area contributed by atoms with Gasteiger partial charge >= 0.3 is 0 Å². The Balaban J connectivity index is 1.02. The lowest BCUT2D eigenvalue weighted by molar-refractivity contribution is 0.168. The Labute approximate surface area is 244 Å². The second-order valence-electron chi connectivity index (χ2n) is 15.7. The summed E-state index contributed by atoms with van der Waals surface area (Å²) < 4.78 is 6.23. The molecule has 2 unspecified atom stereocenters. The van der Waals surface area contributed by atoms with E-state index in [1.165, 1.54) is 128 Å². The summed E-state index contributed by atoms with van der Waals surface area (Å²) in [5.74, 6) is 7.76. The van der Waals surface area contributed by atoms with Gasteiger partial charge in [0.2, 0.25) is 0 Å². The van der Waals surface area contributed by atoms with E-state index in [1.807, 2.05) is 0 Å². The van der Waals surface area contributed by atoms with Gasteiger partial charge in [-0.1, -0.05) is 104 Å². The molecule has 2 fully saturated rings. The lowest BCUT2D eigenvalue weighted by Crippen LogP contribution is -2.18. The maximum atomic E-state index is 6.23. The summed E-state index contributed by atoms with van der Waals surface area (Å²) in [5.41, 5.74) is 3.16. The van der Waals surface area contributed by atoms with E-state index in [0.717, 1.165) is 60.6 Å². The van der Waals surface area contributed by atoms with Gasteiger partial charge in [-0.2, -0.15) is 0 Å². The summed E-state index contributed by atoms with van der Waals surface area (Å²) in [4.78, 5) is 0. The Bertz CT molecular complexity index is 666. The minimum Gasteiger partial charge on any atom is -0.373 e. The minimum absolute atomic E-state index is 0.882. The highest BCUT2D eigenvalue weighted by Crippen LogP contribution is 2.38. The summed E-state index contributed by atoms with van der Waals surface area (Å²) in [5, 5.41) is 0. The monoisotopic (exact) mass is 539 g/mol. The van der Waals surface area contributed by atoms with Crippen LogP contribution in [0, 0.1) is 47.3 Å². The van der Waals surface area contributed by atoms with Crippen LogP contribution in [-0.4, -0.2) is 13.2 Å². The van der Waals surface area contributed by atoms with E-state index in [1.54, 1.807) is 11.1 Å². The predicted octanol–water partition coefficient (Wildman–Crippen LogP) is 11.7. The van der Waals surface area contributed by atoms with Crippen LogP contribution in [-0.2, 0) is 4.74 Å². The number of allylic oxidation sites excluding steroid dienone is 2. The fourth-order valence-electron chi connectivity index (χ4n) is 8.77. The van der Waals surface area contributed by atoms with Crippen LogP contribution in [0.25, 0.3) is 0 Å². The average Bonchev–Trinajstić information content (AvgIpc) is 2.93. The zero-order valence-corrected chi connectivity index (χ0v) is 26.7. The molecule has 0 spiro atoms. The van der Waals surface area contributed by atoms with Gasteiger partial charge in [0, 0.05) is 0 Å². The first-order valence-corrected chi connectivity index (χ1v) is 17.9. The quantitative estimate of drug-likeness (QED) is 0.200. The number of rotatable bonds is 14. The maximum absolute atomic E-state index is 6.23. The highest BCUT2D eigenvalue weighted by molar-refractivity contribution is 5.09. The second-order valence-corrected chi connectivity index (χ2v) is 15.7. The summed E-state index contributed by atoms with van der Waals surface area (Å²) >= 11 is 0. The molecule has 0 radical (unpaired) electrons. The number of ether oxygens (including phenoxy) is 1. The third-order valence-corrected chi connectivity index (χ3v) is 11.3. The van der Waals surface area contributed by atoms with Crippen LogP contribution in [0.4, 0.5) is 0 Å². The van der Waals surface area contributed by atoms with Gasteiger partial charge in [-0.05, 0) is 123 Å². The average molecular weight is 539 g/mol. The van der Waals surface area contributed by atoms with E-state index in [0.29, 0.717) is 0 Å². The molecule has 0 amide bonds. The Kier molecular flexibility index (Phi) is 13.5. The van der Waals surface area contributed by atoms with Crippen LogP contribution >= 0.6 is 0 Å². The van der Waals surface area contributed by atoms with Gasteiger partial charge in [0.1, 0.15) is 0 Å². The van der Waals surface area contributed by atoms with Gasteiger partial charge in [0.05, 0.1) is 13.2 Å². The SMILES string of the molecule is CC(C)CC1CCC(CCC2CC=C(COCC3=CCC(CCC4CCC(CC(C)C)CC4)CC3)CC2)CC1. The molecule has 0 aromatic carbocycles. The topological polar surface area (TPSA) is 9.23 Å². The van der Waals surface area contributed by atoms with Gasteiger partial charge in [0.15, 0.2) is 0 Å². The Morgan fingerprint density at radius 2 is 0.872 bits per heavy atom. The molecule has 4 aliphatic carbocycles. The maximum Gasteiger partial charge on any atom is 0.0681 e. The zero-order chi connectivity index (χ0) is 27.5. The van der Waals surface area contributed by atoms with Crippen molar-refractivity contribution in [2.45, 2.75) is 156 Å². The molecule has 0 aromatic heterocycles. The molecule has 0 aromatic rings. The molecule has 0 heterocycles. The molecule has 0 saturated heterocycles. The molecule has 2 atom stereocenters. The largest absolute Gasteiger partial charge is 0.373 e. The van der Waals surface area contributed by atoms with E-state index in [2.05, 4.69) is 39.8 Å².